The van der Waals surface area contributed by atoms with Gasteiger partial charge in [0.15, 0.2) is 0 Å². The Bertz CT molecular complexity index is 347. The summed E-state index contributed by atoms with van der Waals surface area (Å²) in [5.41, 5.74) is -0.325. The standard InChI is InChI=1S/C16H25O2/c1-7-15(3,4)17-13-10-9-11-14(12-13)18-16(5,6)8-2/h9-10,12H,7-8H2,1-6H3. The van der Waals surface area contributed by atoms with Gasteiger partial charge in [0, 0.05) is 12.1 Å². The first kappa shape index (κ1) is 14.9. The van der Waals surface area contributed by atoms with Gasteiger partial charge in [-0.2, -0.15) is 0 Å². The molecule has 1 rings (SSSR count). The van der Waals surface area contributed by atoms with Gasteiger partial charge in [0.1, 0.15) is 22.7 Å². The Balaban J connectivity index is 2.80. The van der Waals surface area contributed by atoms with Gasteiger partial charge in [-0.1, -0.05) is 13.8 Å². The molecular formula is C16H25O2. The van der Waals surface area contributed by atoms with Crippen LogP contribution in [0.5, 0.6) is 11.5 Å². The number of hydrogen-bond acceptors (Lipinski definition) is 2. The van der Waals surface area contributed by atoms with E-state index in [1.54, 1.807) is 0 Å². The lowest BCUT2D eigenvalue weighted by molar-refractivity contribution is 0.0959. The first-order valence-corrected chi connectivity index (χ1v) is 6.68. The van der Waals surface area contributed by atoms with E-state index in [-0.39, 0.29) is 11.2 Å². The molecule has 2 heteroatoms. The molecule has 0 N–H and O–H groups in total. The fraction of sp³-hybridized carbons (Fsp3) is 0.625. The first-order valence-electron chi connectivity index (χ1n) is 6.68. The Morgan fingerprint density at radius 2 is 1.56 bits per heavy atom. The van der Waals surface area contributed by atoms with E-state index in [1.807, 2.05) is 18.2 Å². The van der Waals surface area contributed by atoms with Gasteiger partial charge in [-0.05, 0) is 52.7 Å². The van der Waals surface area contributed by atoms with E-state index in [0.717, 1.165) is 24.3 Å². The average molecular weight is 249 g/mol. The number of ether oxygens (including phenoxy) is 2. The van der Waals surface area contributed by atoms with Crippen LogP contribution >= 0.6 is 0 Å². The minimum absolute atomic E-state index is 0.154. The van der Waals surface area contributed by atoms with Crippen molar-refractivity contribution in [2.45, 2.75) is 65.6 Å². The molecule has 0 aliphatic rings. The lowest BCUT2D eigenvalue weighted by Crippen LogP contribution is -2.28. The zero-order chi connectivity index (χ0) is 13.8. The smallest absolute Gasteiger partial charge is 0.131 e. The van der Waals surface area contributed by atoms with E-state index in [1.165, 1.54) is 0 Å². The molecule has 0 fully saturated rings. The molecule has 0 atom stereocenters. The van der Waals surface area contributed by atoms with Crippen molar-refractivity contribution in [2.24, 2.45) is 0 Å². The van der Waals surface area contributed by atoms with E-state index in [9.17, 15) is 0 Å². The lowest BCUT2D eigenvalue weighted by Gasteiger charge is -2.27. The average Bonchev–Trinajstić information content (AvgIpc) is 2.28. The summed E-state index contributed by atoms with van der Waals surface area (Å²) in [6.45, 7) is 12.5. The molecule has 1 radical (unpaired) electrons. The molecular weight excluding hydrogens is 224 g/mol. The molecule has 0 aromatic heterocycles. The Hall–Kier alpha value is -1.18. The van der Waals surface area contributed by atoms with Crippen molar-refractivity contribution in [3.63, 3.8) is 0 Å². The largest absolute Gasteiger partial charge is 0.488 e. The predicted molar refractivity (Wildman–Crippen MR) is 75.3 cm³/mol. The van der Waals surface area contributed by atoms with Crippen molar-refractivity contribution in [1.29, 1.82) is 0 Å². The zero-order valence-electron chi connectivity index (χ0n) is 12.5. The molecule has 2 nitrogen and oxygen atoms in total. The van der Waals surface area contributed by atoms with Gasteiger partial charge in [-0.3, -0.25) is 0 Å². The van der Waals surface area contributed by atoms with Crippen molar-refractivity contribution in [3.8, 4) is 11.5 Å². The van der Waals surface area contributed by atoms with Gasteiger partial charge >= 0.3 is 0 Å². The second-order valence-electron chi connectivity index (χ2n) is 5.82. The quantitative estimate of drug-likeness (QED) is 0.732. The number of rotatable bonds is 6. The van der Waals surface area contributed by atoms with Crippen molar-refractivity contribution < 1.29 is 9.47 Å². The first-order chi connectivity index (χ1) is 8.28. The van der Waals surface area contributed by atoms with E-state index in [0.29, 0.717) is 0 Å². The highest BCUT2D eigenvalue weighted by molar-refractivity contribution is 5.32. The molecule has 0 heterocycles. The summed E-state index contributed by atoms with van der Waals surface area (Å²) in [5, 5.41) is 0. The van der Waals surface area contributed by atoms with E-state index in [4.69, 9.17) is 9.47 Å². The summed E-state index contributed by atoms with van der Waals surface area (Å²) in [7, 11) is 0. The van der Waals surface area contributed by atoms with Crippen LogP contribution in [0.2, 0.25) is 0 Å². The fourth-order valence-electron chi connectivity index (χ4n) is 1.31. The van der Waals surface area contributed by atoms with Crippen LogP contribution in [0.25, 0.3) is 0 Å². The summed E-state index contributed by atoms with van der Waals surface area (Å²) in [6.07, 6.45) is 1.91. The second kappa shape index (κ2) is 5.64. The van der Waals surface area contributed by atoms with Gasteiger partial charge in [0.25, 0.3) is 0 Å². The van der Waals surface area contributed by atoms with E-state index in [2.05, 4.69) is 47.6 Å². The second-order valence-corrected chi connectivity index (χ2v) is 5.82. The Morgan fingerprint density at radius 1 is 1.00 bits per heavy atom. The van der Waals surface area contributed by atoms with Gasteiger partial charge in [-0.15, -0.1) is 0 Å². The highest BCUT2D eigenvalue weighted by Gasteiger charge is 2.19. The number of hydrogen-bond donors (Lipinski definition) is 0. The van der Waals surface area contributed by atoms with Gasteiger partial charge in [0.05, 0.1) is 0 Å². The SMILES string of the molecule is CCC(C)(C)Oc1[c]ccc(OC(C)(C)CC)c1. The molecule has 1 aromatic carbocycles. The lowest BCUT2D eigenvalue weighted by atomic mass is 10.1. The summed E-state index contributed by atoms with van der Waals surface area (Å²) in [4.78, 5) is 0. The predicted octanol–water partition coefficient (Wildman–Crippen LogP) is 4.62. The monoisotopic (exact) mass is 249 g/mol. The minimum Gasteiger partial charge on any atom is -0.488 e. The summed E-state index contributed by atoms with van der Waals surface area (Å²) < 4.78 is 11.8. The molecule has 0 spiro atoms. The van der Waals surface area contributed by atoms with Crippen LogP contribution in [-0.4, -0.2) is 11.2 Å². The summed E-state index contributed by atoms with van der Waals surface area (Å²) in [5.74, 6) is 1.58. The summed E-state index contributed by atoms with van der Waals surface area (Å²) >= 11 is 0. The Kier molecular flexibility index (Phi) is 4.66. The molecule has 0 unspecified atom stereocenters. The molecule has 0 aliphatic heterocycles. The van der Waals surface area contributed by atoms with Crippen LogP contribution in [0, 0.1) is 6.07 Å². The molecule has 101 valence electrons. The third-order valence-corrected chi connectivity index (χ3v) is 3.23. The highest BCUT2D eigenvalue weighted by Crippen LogP contribution is 2.27. The molecule has 18 heavy (non-hydrogen) atoms. The maximum Gasteiger partial charge on any atom is 0.131 e. The topological polar surface area (TPSA) is 18.5 Å². The fourth-order valence-corrected chi connectivity index (χ4v) is 1.31. The molecule has 1 aromatic rings. The van der Waals surface area contributed by atoms with Crippen molar-refractivity contribution in [3.05, 3.63) is 24.3 Å². The zero-order valence-corrected chi connectivity index (χ0v) is 12.5. The summed E-state index contributed by atoms with van der Waals surface area (Å²) in [6, 6.07) is 8.78. The normalized spacial score (nSPS) is 12.3. The Morgan fingerprint density at radius 3 is 2.11 bits per heavy atom. The molecule has 0 saturated carbocycles. The third-order valence-electron chi connectivity index (χ3n) is 3.23. The minimum atomic E-state index is -0.171. The van der Waals surface area contributed by atoms with Crippen LogP contribution in [0.3, 0.4) is 0 Å². The maximum atomic E-state index is 5.94. The van der Waals surface area contributed by atoms with Crippen LogP contribution < -0.4 is 9.47 Å². The van der Waals surface area contributed by atoms with Gasteiger partial charge < -0.3 is 9.47 Å². The van der Waals surface area contributed by atoms with Crippen LogP contribution in [0.15, 0.2) is 18.2 Å². The molecule has 0 aliphatic carbocycles. The van der Waals surface area contributed by atoms with Crippen LogP contribution in [0.4, 0.5) is 0 Å². The molecule has 0 amide bonds. The van der Waals surface area contributed by atoms with Crippen molar-refractivity contribution in [1.82, 2.24) is 0 Å². The maximum absolute atomic E-state index is 5.94. The van der Waals surface area contributed by atoms with Gasteiger partial charge in [-0.25, -0.2) is 0 Å². The van der Waals surface area contributed by atoms with E-state index < -0.39 is 0 Å². The third kappa shape index (κ3) is 4.59. The molecule has 0 saturated heterocycles. The van der Waals surface area contributed by atoms with Crippen molar-refractivity contribution in [2.75, 3.05) is 0 Å². The molecule has 0 bridgehead atoms. The Labute approximate surface area is 111 Å². The van der Waals surface area contributed by atoms with Crippen molar-refractivity contribution >= 4 is 0 Å². The van der Waals surface area contributed by atoms with E-state index >= 15 is 0 Å². The highest BCUT2D eigenvalue weighted by atomic mass is 16.5. The van der Waals surface area contributed by atoms with Crippen LogP contribution in [0.1, 0.15) is 54.4 Å². The van der Waals surface area contributed by atoms with Crippen LogP contribution in [-0.2, 0) is 0 Å². The van der Waals surface area contributed by atoms with Gasteiger partial charge in [0.2, 0.25) is 0 Å². The number of benzene rings is 1.